The average molecular weight is 268 g/mol. The van der Waals surface area contributed by atoms with Gasteiger partial charge in [0.1, 0.15) is 0 Å². The molecule has 1 atom stereocenters. The van der Waals surface area contributed by atoms with Crippen LogP contribution >= 0.6 is 0 Å². The van der Waals surface area contributed by atoms with Crippen LogP contribution in [0.5, 0.6) is 0 Å². The molecule has 0 radical (unpaired) electrons. The summed E-state index contributed by atoms with van der Waals surface area (Å²) in [5.41, 5.74) is 1.60. The second kappa shape index (κ2) is 4.96. The van der Waals surface area contributed by atoms with E-state index in [1.165, 1.54) is 0 Å². The SMILES string of the molecule is CCN1C(=O)n2cccc2C1CC(=O)c1ccccc1. The summed E-state index contributed by atoms with van der Waals surface area (Å²) in [5.74, 6) is 0.0662. The monoisotopic (exact) mass is 268 g/mol. The topological polar surface area (TPSA) is 42.3 Å². The lowest BCUT2D eigenvalue weighted by atomic mass is 10.0. The third-order valence-electron chi connectivity index (χ3n) is 3.76. The van der Waals surface area contributed by atoms with Crippen molar-refractivity contribution in [2.45, 2.75) is 19.4 Å². The standard InChI is InChI=1S/C16H16N2O2/c1-2-17-14(13-9-6-10-18(13)16(17)20)11-15(19)12-7-4-3-5-8-12/h3-10,14H,2,11H2,1H3. The van der Waals surface area contributed by atoms with Crippen LogP contribution in [-0.4, -0.2) is 27.8 Å². The summed E-state index contributed by atoms with van der Waals surface area (Å²) in [6.07, 6.45) is 2.08. The number of ketones is 1. The number of nitrogens with zero attached hydrogens (tertiary/aromatic N) is 2. The van der Waals surface area contributed by atoms with Gasteiger partial charge in [-0.15, -0.1) is 0 Å². The number of benzene rings is 1. The molecule has 0 spiro atoms. The summed E-state index contributed by atoms with van der Waals surface area (Å²) >= 11 is 0. The molecule has 3 rings (SSSR count). The van der Waals surface area contributed by atoms with Crippen LogP contribution in [0.25, 0.3) is 0 Å². The molecule has 102 valence electrons. The molecule has 4 heteroatoms. The Bertz CT molecular complexity index is 646. The van der Waals surface area contributed by atoms with E-state index in [-0.39, 0.29) is 17.9 Å². The number of carbonyl (C=O) groups excluding carboxylic acids is 2. The van der Waals surface area contributed by atoms with Gasteiger partial charge in [0.15, 0.2) is 5.78 Å². The molecule has 1 aromatic carbocycles. The fraction of sp³-hybridized carbons (Fsp3) is 0.250. The lowest BCUT2D eigenvalue weighted by Crippen LogP contribution is -2.30. The summed E-state index contributed by atoms with van der Waals surface area (Å²) in [7, 11) is 0. The Morgan fingerprint density at radius 3 is 2.60 bits per heavy atom. The number of Topliss-reactive ketones (excluding diaryl/α,β-unsaturated/α-hetero) is 1. The van der Waals surface area contributed by atoms with Crippen molar-refractivity contribution in [1.29, 1.82) is 0 Å². The Morgan fingerprint density at radius 1 is 1.15 bits per heavy atom. The van der Waals surface area contributed by atoms with Gasteiger partial charge in [-0.25, -0.2) is 4.79 Å². The van der Waals surface area contributed by atoms with Crippen molar-refractivity contribution < 1.29 is 9.59 Å². The lowest BCUT2D eigenvalue weighted by molar-refractivity contribution is 0.0947. The van der Waals surface area contributed by atoms with Crippen LogP contribution in [0.1, 0.15) is 35.4 Å². The molecule has 0 saturated heterocycles. The van der Waals surface area contributed by atoms with E-state index in [9.17, 15) is 9.59 Å². The van der Waals surface area contributed by atoms with E-state index in [0.717, 1.165) is 5.69 Å². The Morgan fingerprint density at radius 2 is 1.90 bits per heavy atom. The van der Waals surface area contributed by atoms with Crippen molar-refractivity contribution in [3.05, 3.63) is 59.9 Å². The maximum atomic E-state index is 12.4. The Balaban J connectivity index is 1.87. The van der Waals surface area contributed by atoms with E-state index < -0.39 is 0 Å². The zero-order chi connectivity index (χ0) is 14.1. The molecule has 2 aromatic rings. The highest BCUT2D eigenvalue weighted by molar-refractivity contribution is 5.97. The number of rotatable bonds is 4. The third kappa shape index (κ3) is 1.93. The number of hydrogen-bond donors (Lipinski definition) is 0. The molecular formula is C16H16N2O2. The highest BCUT2D eigenvalue weighted by Crippen LogP contribution is 2.32. The van der Waals surface area contributed by atoms with Crippen molar-refractivity contribution in [2.24, 2.45) is 0 Å². The van der Waals surface area contributed by atoms with Crippen LogP contribution in [0.3, 0.4) is 0 Å². The van der Waals surface area contributed by atoms with Crippen LogP contribution < -0.4 is 0 Å². The fourth-order valence-corrected chi connectivity index (χ4v) is 2.76. The first-order chi connectivity index (χ1) is 9.72. The van der Waals surface area contributed by atoms with Crippen molar-refractivity contribution >= 4 is 11.8 Å². The zero-order valence-electron chi connectivity index (χ0n) is 11.3. The van der Waals surface area contributed by atoms with Crippen molar-refractivity contribution in [2.75, 3.05) is 6.54 Å². The molecule has 0 N–H and O–H groups in total. The van der Waals surface area contributed by atoms with Gasteiger partial charge >= 0.3 is 6.03 Å². The van der Waals surface area contributed by atoms with E-state index in [0.29, 0.717) is 18.5 Å². The van der Waals surface area contributed by atoms with E-state index in [4.69, 9.17) is 0 Å². The van der Waals surface area contributed by atoms with Crippen LogP contribution in [0.2, 0.25) is 0 Å². The van der Waals surface area contributed by atoms with Crippen molar-refractivity contribution in [3.63, 3.8) is 0 Å². The molecule has 0 aliphatic carbocycles. The molecule has 0 fully saturated rings. The smallest absolute Gasteiger partial charge is 0.315 e. The normalized spacial score (nSPS) is 17.4. The minimum absolute atomic E-state index is 0.0432. The average Bonchev–Trinajstić information content (AvgIpc) is 3.04. The molecule has 1 unspecified atom stereocenters. The molecule has 20 heavy (non-hydrogen) atoms. The summed E-state index contributed by atoms with van der Waals surface area (Å²) in [5, 5.41) is 0. The number of aromatic nitrogens is 1. The predicted molar refractivity (Wildman–Crippen MR) is 75.7 cm³/mol. The first-order valence-corrected chi connectivity index (χ1v) is 6.79. The van der Waals surface area contributed by atoms with Crippen molar-refractivity contribution in [1.82, 2.24) is 9.47 Å². The molecule has 0 bridgehead atoms. The number of hydrogen-bond acceptors (Lipinski definition) is 2. The second-order valence-electron chi connectivity index (χ2n) is 4.88. The highest BCUT2D eigenvalue weighted by Gasteiger charge is 2.36. The van der Waals surface area contributed by atoms with E-state index >= 15 is 0 Å². The molecule has 1 amide bonds. The Kier molecular flexibility index (Phi) is 3.14. The Labute approximate surface area is 117 Å². The summed E-state index contributed by atoms with van der Waals surface area (Å²) in [4.78, 5) is 26.3. The van der Waals surface area contributed by atoms with E-state index in [1.54, 1.807) is 15.7 Å². The summed E-state index contributed by atoms with van der Waals surface area (Å²) in [6, 6.07) is 12.8. The van der Waals surface area contributed by atoms with Gasteiger partial charge in [0.05, 0.1) is 11.7 Å². The summed E-state index contributed by atoms with van der Waals surface area (Å²) in [6.45, 7) is 2.54. The van der Waals surface area contributed by atoms with E-state index in [1.807, 2.05) is 49.4 Å². The summed E-state index contributed by atoms with van der Waals surface area (Å²) < 4.78 is 1.63. The van der Waals surface area contributed by atoms with Gasteiger partial charge in [0, 0.05) is 24.7 Å². The van der Waals surface area contributed by atoms with Crippen LogP contribution in [0.4, 0.5) is 4.79 Å². The molecular weight excluding hydrogens is 252 g/mol. The zero-order valence-corrected chi connectivity index (χ0v) is 11.3. The lowest BCUT2D eigenvalue weighted by Gasteiger charge is -2.21. The molecule has 1 aromatic heterocycles. The van der Waals surface area contributed by atoms with Gasteiger partial charge < -0.3 is 4.90 Å². The molecule has 0 saturated carbocycles. The van der Waals surface area contributed by atoms with Gasteiger partial charge in [0.2, 0.25) is 0 Å². The number of fused-ring (bicyclic) bond motifs is 1. The molecule has 1 aliphatic heterocycles. The van der Waals surface area contributed by atoms with Gasteiger partial charge in [-0.1, -0.05) is 30.3 Å². The minimum atomic E-state index is -0.157. The van der Waals surface area contributed by atoms with Crippen LogP contribution in [-0.2, 0) is 0 Å². The number of amides is 1. The van der Waals surface area contributed by atoms with Gasteiger partial charge in [-0.2, -0.15) is 0 Å². The first kappa shape index (κ1) is 12.7. The first-order valence-electron chi connectivity index (χ1n) is 6.79. The Hall–Kier alpha value is -2.36. The largest absolute Gasteiger partial charge is 0.328 e. The predicted octanol–water partition coefficient (Wildman–Crippen LogP) is 3.11. The maximum Gasteiger partial charge on any atom is 0.328 e. The minimum Gasteiger partial charge on any atom is -0.315 e. The molecule has 1 aliphatic rings. The van der Waals surface area contributed by atoms with Gasteiger partial charge in [-0.3, -0.25) is 9.36 Å². The fourth-order valence-electron chi connectivity index (χ4n) is 2.76. The second-order valence-corrected chi connectivity index (χ2v) is 4.88. The number of carbonyl (C=O) groups is 2. The maximum absolute atomic E-state index is 12.4. The van der Waals surface area contributed by atoms with Gasteiger partial charge in [0.25, 0.3) is 0 Å². The third-order valence-corrected chi connectivity index (χ3v) is 3.76. The molecule has 4 nitrogen and oxygen atoms in total. The van der Waals surface area contributed by atoms with E-state index in [2.05, 4.69) is 0 Å². The van der Waals surface area contributed by atoms with Crippen LogP contribution in [0, 0.1) is 0 Å². The highest BCUT2D eigenvalue weighted by atomic mass is 16.2. The van der Waals surface area contributed by atoms with Crippen LogP contribution in [0.15, 0.2) is 48.7 Å². The van der Waals surface area contributed by atoms with Gasteiger partial charge in [-0.05, 0) is 19.1 Å². The quantitative estimate of drug-likeness (QED) is 0.800. The molecule has 2 heterocycles. The van der Waals surface area contributed by atoms with Crippen molar-refractivity contribution in [3.8, 4) is 0 Å².